The van der Waals surface area contributed by atoms with Crippen molar-refractivity contribution in [3.05, 3.63) is 53.3 Å². The second kappa shape index (κ2) is 6.52. The minimum absolute atomic E-state index is 0.0309. The third-order valence-corrected chi connectivity index (χ3v) is 4.19. The highest BCUT2D eigenvalue weighted by Crippen LogP contribution is 2.09. The number of urea groups is 1. The Morgan fingerprint density at radius 3 is 2.32 bits per heavy atom. The molecular weight excluding hydrogens is 304 g/mol. The van der Waals surface area contributed by atoms with Gasteiger partial charge in [-0.25, -0.2) is 17.9 Å². The van der Waals surface area contributed by atoms with Crippen LogP contribution in [-0.4, -0.2) is 24.6 Å². The molecule has 0 saturated heterocycles. The van der Waals surface area contributed by atoms with Crippen LogP contribution in [0, 0.1) is 13.8 Å². The number of carbonyl (C=O) groups excluding carboxylic acids is 1. The first-order chi connectivity index (χ1) is 10.4. The molecule has 0 radical (unpaired) electrons. The van der Waals surface area contributed by atoms with Gasteiger partial charge in [0.05, 0.1) is 22.8 Å². The summed E-state index contributed by atoms with van der Waals surface area (Å²) in [6.07, 6.45) is 0. The molecule has 0 fully saturated rings. The minimum atomic E-state index is -3.89. The van der Waals surface area contributed by atoms with Gasteiger partial charge in [-0.05, 0) is 38.1 Å². The van der Waals surface area contributed by atoms with Crippen molar-refractivity contribution < 1.29 is 13.2 Å². The molecule has 0 saturated carbocycles. The number of aryl methyl sites for hydroxylation is 2. The van der Waals surface area contributed by atoms with Crippen LogP contribution in [-0.2, 0) is 16.6 Å². The zero-order chi connectivity index (χ0) is 16.2. The molecule has 116 valence electrons. The van der Waals surface area contributed by atoms with E-state index in [1.54, 1.807) is 31.2 Å². The van der Waals surface area contributed by atoms with Crippen molar-refractivity contribution in [3.8, 4) is 0 Å². The van der Waals surface area contributed by atoms with Crippen LogP contribution >= 0.6 is 0 Å². The summed E-state index contributed by atoms with van der Waals surface area (Å²) < 4.78 is 26.0. The van der Waals surface area contributed by atoms with Gasteiger partial charge < -0.3 is 5.32 Å². The molecule has 2 aromatic rings. The van der Waals surface area contributed by atoms with E-state index < -0.39 is 16.1 Å². The number of rotatable bonds is 4. The third kappa shape index (κ3) is 4.26. The smallest absolute Gasteiger partial charge is 0.329 e. The monoisotopic (exact) mass is 320 g/mol. The summed E-state index contributed by atoms with van der Waals surface area (Å²) in [7, 11) is -3.89. The van der Waals surface area contributed by atoms with Gasteiger partial charge in [0.2, 0.25) is 0 Å². The SMILES string of the molecule is Cc1ccc(S(=O)(=O)NC(=O)NCc2ccc(C)nn2)cc1. The topological polar surface area (TPSA) is 101 Å². The van der Waals surface area contributed by atoms with Crippen LogP contribution in [0.4, 0.5) is 4.79 Å². The lowest BCUT2D eigenvalue weighted by Gasteiger charge is -2.08. The molecule has 2 amide bonds. The number of amides is 2. The Balaban J connectivity index is 1.96. The second-order valence-electron chi connectivity index (χ2n) is 4.77. The van der Waals surface area contributed by atoms with E-state index in [1.165, 1.54) is 12.1 Å². The summed E-state index contributed by atoms with van der Waals surface area (Å²) in [4.78, 5) is 11.7. The van der Waals surface area contributed by atoms with Crippen molar-refractivity contribution in [3.63, 3.8) is 0 Å². The highest BCUT2D eigenvalue weighted by molar-refractivity contribution is 7.90. The highest BCUT2D eigenvalue weighted by atomic mass is 32.2. The van der Waals surface area contributed by atoms with Crippen molar-refractivity contribution in [1.82, 2.24) is 20.2 Å². The predicted molar refractivity (Wildman–Crippen MR) is 80.5 cm³/mol. The van der Waals surface area contributed by atoms with E-state index >= 15 is 0 Å². The molecule has 0 aliphatic rings. The van der Waals surface area contributed by atoms with Gasteiger partial charge in [-0.3, -0.25) is 0 Å². The molecule has 1 aromatic heterocycles. The van der Waals surface area contributed by atoms with E-state index in [0.29, 0.717) is 5.69 Å². The molecule has 0 aliphatic heterocycles. The van der Waals surface area contributed by atoms with Gasteiger partial charge in [-0.2, -0.15) is 10.2 Å². The zero-order valence-electron chi connectivity index (χ0n) is 12.2. The van der Waals surface area contributed by atoms with Gasteiger partial charge >= 0.3 is 6.03 Å². The lowest BCUT2D eigenvalue weighted by Crippen LogP contribution is -2.39. The molecule has 2 N–H and O–H groups in total. The van der Waals surface area contributed by atoms with Gasteiger partial charge in [-0.1, -0.05) is 17.7 Å². The fourth-order valence-corrected chi connectivity index (χ4v) is 2.55. The Hall–Kier alpha value is -2.48. The van der Waals surface area contributed by atoms with Crippen molar-refractivity contribution in [1.29, 1.82) is 0 Å². The van der Waals surface area contributed by atoms with Crippen LogP contribution in [0.3, 0.4) is 0 Å². The molecule has 1 heterocycles. The Kier molecular flexibility index (Phi) is 4.71. The fraction of sp³-hybridized carbons (Fsp3) is 0.214. The average Bonchev–Trinajstić information content (AvgIpc) is 2.46. The molecule has 0 atom stereocenters. The maximum atomic E-state index is 12.0. The van der Waals surface area contributed by atoms with Crippen LogP contribution in [0.15, 0.2) is 41.3 Å². The average molecular weight is 320 g/mol. The highest BCUT2D eigenvalue weighted by Gasteiger charge is 2.17. The van der Waals surface area contributed by atoms with Crippen molar-refractivity contribution >= 4 is 16.1 Å². The molecule has 2 rings (SSSR count). The first-order valence-electron chi connectivity index (χ1n) is 6.53. The van der Waals surface area contributed by atoms with Gasteiger partial charge in [0.15, 0.2) is 0 Å². The van der Waals surface area contributed by atoms with E-state index in [4.69, 9.17) is 0 Å². The normalized spacial score (nSPS) is 11.0. The summed E-state index contributed by atoms with van der Waals surface area (Å²) >= 11 is 0. The lowest BCUT2D eigenvalue weighted by molar-refractivity contribution is 0.245. The zero-order valence-corrected chi connectivity index (χ0v) is 13.0. The third-order valence-electron chi connectivity index (χ3n) is 2.84. The number of benzene rings is 1. The number of nitrogens with one attached hydrogen (secondary N) is 2. The van der Waals surface area contributed by atoms with Gasteiger partial charge in [0.25, 0.3) is 10.0 Å². The molecule has 8 heteroatoms. The summed E-state index contributed by atoms with van der Waals surface area (Å²) in [5, 5.41) is 10.1. The molecule has 1 aromatic carbocycles. The summed E-state index contributed by atoms with van der Waals surface area (Å²) in [6.45, 7) is 3.73. The molecule has 0 spiro atoms. The minimum Gasteiger partial charge on any atom is -0.332 e. The fourth-order valence-electron chi connectivity index (χ4n) is 1.63. The Morgan fingerprint density at radius 2 is 1.73 bits per heavy atom. The summed E-state index contributed by atoms with van der Waals surface area (Å²) in [5.74, 6) is 0. The maximum absolute atomic E-state index is 12.0. The molecule has 22 heavy (non-hydrogen) atoms. The maximum Gasteiger partial charge on any atom is 0.329 e. The van der Waals surface area contributed by atoms with E-state index in [0.717, 1.165) is 11.3 Å². The van der Waals surface area contributed by atoms with Crippen molar-refractivity contribution in [2.24, 2.45) is 0 Å². The second-order valence-corrected chi connectivity index (χ2v) is 6.45. The van der Waals surface area contributed by atoms with E-state index in [-0.39, 0.29) is 11.4 Å². The Bertz CT molecular complexity index is 756. The lowest BCUT2D eigenvalue weighted by atomic mass is 10.2. The number of hydrogen-bond donors (Lipinski definition) is 2. The number of carbonyl (C=O) groups is 1. The van der Waals surface area contributed by atoms with Crippen molar-refractivity contribution in [2.45, 2.75) is 25.3 Å². The molecular formula is C14H16N4O3S. The van der Waals surface area contributed by atoms with Crippen LogP contribution < -0.4 is 10.0 Å². The Labute approximate surface area is 128 Å². The standard InChI is InChI=1S/C14H16N4O3S/c1-10-3-7-13(8-4-10)22(20,21)18-14(19)15-9-12-6-5-11(2)16-17-12/h3-8H,9H2,1-2H3,(H2,15,18,19). The van der Waals surface area contributed by atoms with Crippen LogP contribution in [0.1, 0.15) is 17.0 Å². The van der Waals surface area contributed by atoms with E-state index in [2.05, 4.69) is 15.5 Å². The van der Waals surface area contributed by atoms with Crippen LogP contribution in [0.25, 0.3) is 0 Å². The number of aromatic nitrogens is 2. The largest absolute Gasteiger partial charge is 0.332 e. The number of sulfonamides is 1. The van der Waals surface area contributed by atoms with Gasteiger partial charge in [0, 0.05) is 0 Å². The molecule has 0 bridgehead atoms. The van der Waals surface area contributed by atoms with Crippen LogP contribution in [0.5, 0.6) is 0 Å². The van der Waals surface area contributed by atoms with Gasteiger partial charge in [-0.15, -0.1) is 0 Å². The summed E-state index contributed by atoms with van der Waals surface area (Å²) in [6, 6.07) is 8.85. The van der Waals surface area contributed by atoms with Gasteiger partial charge in [0.1, 0.15) is 0 Å². The van der Waals surface area contributed by atoms with Crippen LogP contribution in [0.2, 0.25) is 0 Å². The Morgan fingerprint density at radius 1 is 1.05 bits per heavy atom. The first-order valence-corrected chi connectivity index (χ1v) is 8.02. The van der Waals surface area contributed by atoms with E-state index in [9.17, 15) is 13.2 Å². The molecule has 0 aliphatic carbocycles. The molecule has 0 unspecified atom stereocenters. The first kappa shape index (κ1) is 15.9. The number of nitrogens with zero attached hydrogens (tertiary/aromatic N) is 2. The molecule has 7 nitrogen and oxygen atoms in total. The van der Waals surface area contributed by atoms with E-state index in [1.807, 2.05) is 11.6 Å². The summed E-state index contributed by atoms with van der Waals surface area (Å²) in [5.41, 5.74) is 2.23. The predicted octanol–water partition coefficient (Wildman–Crippen LogP) is 1.28. The quantitative estimate of drug-likeness (QED) is 0.884. The van der Waals surface area contributed by atoms with Crippen molar-refractivity contribution in [2.75, 3.05) is 0 Å². The number of hydrogen-bond acceptors (Lipinski definition) is 5.